The maximum absolute atomic E-state index is 12.4. The molecule has 0 aliphatic rings. The summed E-state index contributed by atoms with van der Waals surface area (Å²) in [6.07, 6.45) is 0. The van der Waals surface area contributed by atoms with E-state index in [2.05, 4.69) is 10.0 Å². The predicted octanol–water partition coefficient (Wildman–Crippen LogP) is 3.03. The van der Waals surface area contributed by atoms with Crippen LogP contribution in [0.2, 0.25) is 0 Å². The molecule has 2 aromatic carbocycles. The summed E-state index contributed by atoms with van der Waals surface area (Å²) in [4.78, 5) is 12.4. The second kappa shape index (κ2) is 6.85. The lowest BCUT2D eigenvalue weighted by Crippen LogP contribution is -2.40. The first kappa shape index (κ1) is 19.0. The Balaban J connectivity index is 2.28. The second-order valence-electron chi connectivity index (χ2n) is 6.86. The van der Waals surface area contributed by atoms with E-state index in [9.17, 15) is 18.3 Å². The number of benzene rings is 2. The molecule has 0 fully saturated rings. The number of rotatable bonds is 4. The molecule has 0 atom stereocenters. The molecule has 0 spiro atoms. The number of hydrogen-bond donors (Lipinski definition) is 3. The SMILES string of the molecule is Cc1ccc(O)c(C(=O)Nc2cccc(S(=O)(=O)NC(C)(C)C)c2)c1. The van der Waals surface area contributed by atoms with Gasteiger partial charge < -0.3 is 10.4 Å². The third-order valence-electron chi connectivity index (χ3n) is 3.24. The maximum atomic E-state index is 12.4. The zero-order valence-electron chi connectivity index (χ0n) is 14.6. The summed E-state index contributed by atoms with van der Waals surface area (Å²) in [5.74, 6) is -0.652. The van der Waals surface area contributed by atoms with Gasteiger partial charge in [-0.05, 0) is 58.0 Å². The van der Waals surface area contributed by atoms with Gasteiger partial charge in [0.05, 0.1) is 10.5 Å². The van der Waals surface area contributed by atoms with Gasteiger partial charge in [0.2, 0.25) is 10.0 Å². The van der Waals surface area contributed by atoms with Crippen LogP contribution in [0.25, 0.3) is 0 Å². The molecule has 2 rings (SSSR count). The summed E-state index contributed by atoms with van der Waals surface area (Å²) < 4.78 is 27.3. The molecule has 0 saturated heterocycles. The number of anilines is 1. The van der Waals surface area contributed by atoms with Crippen LogP contribution in [-0.4, -0.2) is 25.0 Å². The van der Waals surface area contributed by atoms with E-state index in [-0.39, 0.29) is 16.2 Å². The molecule has 25 heavy (non-hydrogen) atoms. The molecule has 0 heterocycles. The number of amides is 1. The molecular weight excluding hydrogens is 340 g/mol. The van der Waals surface area contributed by atoms with Gasteiger partial charge in [-0.1, -0.05) is 17.7 Å². The van der Waals surface area contributed by atoms with Crippen molar-refractivity contribution < 1.29 is 18.3 Å². The molecule has 0 radical (unpaired) electrons. The average molecular weight is 362 g/mol. The molecule has 0 aliphatic carbocycles. The fourth-order valence-electron chi connectivity index (χ4n) is 2.23. The second-order valence-corrected chi connectivity index (χ2v) is 8.54. The zero-order chi connectivity index (χ0) is 18.8. The normalized spacial score (nSPS) is 12.0. The van der Waals surface area contributed by atoms with Gasteiger partial charge in [-0.3, -0.25) is 4.79 Å². The highest BCUT2D eigenvalue weighted by Crippen LogP contribution is 2.22. The summed E-state index contributed by atoms with van der Waals surface area (Å²) >= 11 is 0. The number of hydrogen-bond acceptors (Lipinski definition) is 4. The lowest BCUT2D eigenvalue weighted by atomic mass is 10.1. The van der Waals surface area contributed by atoms with Crippen LogP contribution in [0.4, 0.5) is 5.69 Å². The van der Waals surface area contributed by atoms with Gasteiger partial charge in [-0.25, -0.2) is 13.1 Å². The lowest BCUT2D eigenvalue weighted by Gasteiger charge is -2.20. The van der Waals surface area contributed by atoms with E-state index < -0.39 is 21.5 Å². The largest absolute Gasteiger partial charge is 0.507 e. The highest BCUT2D eigenvalue weighted by Gasteiger charge is 2.22. The minimum Gasteiger partial charge on any atom is -0.507 e. The molecule has 6 nitrogen and oxygen atoms in total. The Kier molecular flexibility index (Phi) is 5.20. The first-order valence-corrected chi connectivity index (χ1v) is 9.21. The van der Waals surface area contributed by atoms with Crippen molar-refractivity contribution in [2.75, 3.05) is 5.32 Å². The zero-order valence-corrected chi connectivity index (χ0v) is 15.4. The Morgan fingerprint density at radius 2 is 1.76 bits per heavy atom. The molecule has 1 amide bonds. The molecule has 2 aromatic rings. The first-order valence-electron chi connectivity index (χ1n) is 7.73. The van der Waals surface area contributed by atoms with Crippen molar-refractivity contribution >= 4 is 21.6 Å². The summed E-state index contributed by atoms with van der Waals surface area (Å²) in [7, 11) is -3.71. The summed E-state index contributed by atoms with van der Waals surface area (Å²) in [6.45, 7) is 7.05. The fraction of sp³-hybridized carbons (Fsp3) is 0.278. The van der Waals surface area contributed by atoms with Crippen molar-refractivity contribution in [3.05, 3.63) is 53.6 Å². The van der Waals surface area contributed by atoms with E-state index >= 15 is 0 Å². The highest BCUT2D eigenvalue weighted by molar-refractivity contribution is 7.89. The number of nitrogens with one attached hydrogen (secondary N) is 2. The number of carbonyl (C=O) groups is 1. The molecule has 0 unspecified atom stereocenters. The molecule has 0 aromatic heterocycles. The number of sulfonamides is 1. The molecule has 7 heteroatoms. The average Bonchev–Trinajstić information content (AvgIpc) is 2.47. The third kappa shape index (κ3) is 5.04. The van der Waals surface area contributed by atoms with Gasteiger partial charge in [-0.15, -0.1) is 0 Å². The number of aryl methyl sites for hydroxylation is 1. The van der Waals surface area contributed by atoms with Crippen LogP contribution < -0.4 is 10.0 Å². The smallest absolute Gasteiger partial charge is 0.259 e. The van der Waals surface area contributed by atoms with Crippen LogP contribution in [0.3, 0.4) is 0 Å². The van der Waals surface area contributed by atoms with Crippen molar-refractivity contribution in [2.24, 2.45) is 0 Å². The van der Waals surface area contributed by atoms with Crippen LogP contribution in [-0.2, 0) is 10.0 Å². The van der Waals surface area contributed by atoms with Gasteiger partial charge in [0.15, 0.2) is 0 Å². The first-order chi connectivity index (χ1) is 11.5. The standard InChI is InChI=1S/C18H22N2O4S/c1-12-8-9-16(21)15(10-12)17(22)19-13-6-5-7-14(11-13)25(23,24)20-18(2,3)4/h5-11,20-21H,1-4H3,(H,19,22). The van der Waals surface area contributed by atoms with Crippen molar-refractivity contribution in [3.63, 3.8) is 0 Å². The number of aromatic hydroxyl groups is 1. The minimum absolute atomic E-state index is 0.0497. The summed E-state index contributed by atoms with van der Waals surface area (Å²) in [5, 5.41) is 12.4. The van der Waals surface area contributed by atoms with Gasteiger partial charge in [0.25, 0.3) is 5.91 Å². The monoisotopic (exact) mass is 362 g/mol. The van der Waals surface area contributed by atoms with E-state index in [0.29, 0.717) is 5.69 Å². The number of phenolic OH excluding ortho intramolecular Hbond substituents is 1. The van der Waals surface area contributed by atoms with Gasteiger partial charge in [0.1, 0.15) is 5.75 Å². The van der Waals surface area contributed by atoms with Gasteiger partial charge >= 0.3 is 0 Å². The third-order valence-corrected chi connectivity index (χ3v) is 5.00. The predicted molar refractivity (Wildman–Crippen MR) is 97.3 cm³/mol. The quantitative estimate of drug-likeness (QED) is 0.779. The van der Waals surface area contributed by atoms with E-state index in [1.54, 1.807) is 45.0 Å². The Morgan fingerprint density at radius 1 is 1.08 bits per heavy atom. The molecule has 0 saturated carbocycles. The van der Waals surface area contributed by atoms with Crippen molar-refractivity contribution in [1.82, 2.24) is 4.72 Å². The Labute approximate surface area is 147 Å². The lowest BCUT2D eigenvalue weighted by molar-refractivity contribution is 0.102. The van der Waals surface area contributed by atoms with Crippen molar-refractivity contribution in [2.45, 2.75) is 38.1 Å². The van der Waals surface area contributed by atoms with E-state index in [0.717, 1.165) is 5.56 Å². The van der Waals surface area contributed by atoms with Crippen molar-refractivity contribution in [3.8, 4) is 5.75 Å². The van der Waals surface area contributed by atoms with E-state index in [1.807, 2.05) is 6.92 Å². The van der Waals surface area contributed by atoms with Crippen LogP contribution in [0.5, 0.6) is 5.75 Å². The van der Waals surface area contributed by atoms with Crippen LogP contribution >= 0.6 is 0 Å². The summed E-state index contributed by atoms with van der Waals surface area (Å²) in [5.41, 5.74) is 0.656. The molecular formula is C18H22N2O4S. The highest BCUT2D eigenvalue weighted by atomic mass is 32.2. The number of carbonyl (C=O) groups excluding carboxylic acids is 1. The topological polar surface area (TPSA) is 95.5 Å². The molecule has 3 N–H and O–H groups in total. The Morgan fingerprint density at radius 3 is 2.40 bits per heavy atom. The van der Waals surface area contributed by atoms with E-state index in [4.69, 9.17) is 0 Å². The summed E-state index contributed by atoms with van der Waals surface area (Å²) in [6, 6.07) is 10.7. The fourth-order valence-corrected chi connectivity index (χ4v) is 3.70. The van der Waals surface area contributed by atoms with Crippen molar-refractivity contribution in [1.29, 1.82) is 0 Å². The van der Waals surface area contributed by atoms with Crippen LogP contribution in [0.1, 0.15) is 36.7 Å². The molecule has 134 valence electrons. The Bertz CT molecular complexity index is 900. The van der Waals surface area contributed by atoms with Crippen LogP contribution in [0.15, 0.2) is 47.4 Å². The van der Waals surface area contributed by atoms with E-state index in [1.165, 1.54) is 18.2 Å². The molecule has 0 aliphatic heterocycles. The minimum atomic E-state index is -3.71. The van der Waals surface area contributed by atoms with Gasteiger partial charge in [-0.2, -0.15) is 0 Å². The maximum Gasteiger partial charge on any atom is 0.259 e. The Hall–Kier alpha value is -2.38. The molecule has 0 bridgehead atoms. The van der Waals surface area contributed by atoms with Crippen LogP contribution in [0, 0.1) is 6.92 Å². The van der Waals surface area contributed by atoms with Gasteiger partial charge in [0, 0.05) is 11.2 Å². The number of phenols is 1.